The van der Waals surface area contributed by atoms with Crippen molar-refractivity contribution < 1.29 is 24.6 Å². The second kappa shape index (κ2) is 6.24. The monoisotopic (exact) mass is 267 g/mol. The van der Waals surface area contributed by atoms with Gasteiger partial charge in [0.05, 0.1) is 17.8 Å². The Balaban J connectivity index is 2.74. The van der Waals surface area contributed by atoms with Crippen molar-refractivity contribution in [1.82, 2.24) is 10.6 Å². The molecule has 0 aliphatic rings. The van der Waals surface area contributed by atoms with Gasteiger partial charge in [-0.3, -0.25) is 4.79 Å². The van der Waals surface area contributed by atoms with Gasteiger partial charge in [-0.15, -0.1) is 0 Å². The number of anilines is 1. The van der Waals surface area contributed by atoms with Crippen molar-refractivity contribution in [3.05, 3.63) is 23.8 Å². The van der Waals surface area contributed by atoms with Crippen molar-refractivity contribution in [2.24, 2.45) is 0 Å². The van der Waals surface area contributed by atoms with E-state index in [-0.39, 0.29) is 29.5 Å². The molecule has 1 rings (SSSR count). The number of rotatable bonds is 4. The van der Waals surface area contributed by atoms with Crippen LogP contribution in [0.3, 0.4) is 0 Å². The zero-order valence-electron chi connectivity index (χ0n) is 10.1. The molecule has 0 fully saturated rings. The van der Waals surface area contributed by atoms with Gasteiger partial charge in [-0.05, 0) is 18.2 Å². The van der Waals surface area contributed by atoms with Gasteiger partial charge in [-0.25, -0.2) is 9.59 Å². The van der Waals surface area contributed by atoms with E-state index < -0.39 is 12.0 Å². The first-order valence-electron chi connectivity index (χ1n) is 5.25. The van der Waals surface area contributed by atoms with E-state index in [1.54, 1.807) is 0 Å². The highest BCUT2D eigenvalue weighted by Crippen LogP contribution is 2.21. The molecule has 19 heavy (non-hydrogen) atoms. The highest BCUT2D eigenvalue weighted by Gasteiger charge is 2.13. The molecule has 0 saturated heterocycles. The molecular weight excluding hydrogens is 254 g/mol. The number of benzene rings is 1. The number of hydrogen-bond acceptors (Lipinski definition) is 4. The van der Waals surface area contributed by atoms with E-state index in [4.69, 9.17) is 5.11 Å². The number of phenols is 1. The van der Waals surface area contributed by atoms with Crippen LogP contribution in [0, 0.1) is 0 Å². The number of hydrogen-bond donors (Lipinski definition) is 5. The lowest BCUT2D eigenvalue weighted by molar-refractivity contribution is -0.119. The number of nitrogens with one attached hydrogen (secondary N) is 3. The summed E-state index contributed by atoms with van der Waals surface area (Å²) in [5, 5.41) is 24.9. The summed E-state index contributed by atoms with van der Waals surface area (Å²) in [7, 11) is 1.42. The largest absolute Gasteiger partial charge is 0.508 e. The Morgan fingerprint density at radius 2 is 1.95 bits per heavy atom. The quantitative estimate of drug-likeness (QED) is 0.489. The molecule has 0 radical (unpaired) electrons. The van der Waals surface area contributed by atoms with Crippen molar-refractivity contribution in [2.45, 2.75) is 0 Å². The third-order valence-electron chi connectivity index (χ3n) is 2.17. The maximum Gasteiger partial charge on any atom is 0.337 e. The van der Waals surface area contributed by atoms with Crippen molar-refractivity contribution in [3.8, 4) is 5.75 Å². The zero-order chi connectivity index (χ0) is 14.4. The van der Waals surface area contributed by atoms with Crippen LogP contribution in [-0.2, 0) is 4.79 Å². The summed E-state index contributed by atoms with van der Waals surface area (Å²) in [5.74, 6) is -1.91. The Labute approximate surface area is 108 Å². The van der Waals surface area contributed by atoms with E-state index in [2.05, 4.69) is 16.0 Å². The maximum atomic E-state index is 11.4. The van der Waals surface area contributed by atoms with Gasteiger partial charge in [0.25, 0.3) is 0 Å². The highest BCUT2D eigenvalue weighted by atomic mass is 16.4. The number of phenolic OH excluding ortho intramolecular Hbond substituents is 1. The number of carbonyl (C=O) groups is 3. The van der Waals surface area contributed by atoms with Crippen molar-refractivity contribution in [1.29, 1.82) is 0 Å². The molecule has 102 valence electrons. The van der Waals surface area contributed by atoms with Crippen LogP contribution in [0.25, 0.3) is 0 Å². The number of carboxylic acid groups (broad SMARTS) is 1. The Hall–Kier alpha value is -2.77. The SMILES string of the molecule is CNC(=O)CNC(=O)Nc1ccc(O)cc1C(=O)O. The smallest absolute Gasteiger partial charge is 0.337 e. The standard InChI is InChI=1S/C11H13N3O5/c1-12-9(16)5-13-11(19)14-8-3-2-6(15)4-7(8)10(17)18/h2-4,15H,5H2,1H3,(H,12,16)(H,17,18)(H2,13,14,19). The van der Waals surface area contributed by atoms with Gasteiger partial charge in [-0.1, -0.05) is 0 Å². The molecule has 0 bridgehead atoms. The molecule has 0 unspecified atom stereocenters. The fourth-order valence-corrected chi connectivity index (χ4v) is 1.23. The van der Waals surface area contributed by atoms with Gasteiger partial charge >= 0.3 is 12.0 Å². The van der Waals surface area contributed by atoms with Gasteiger partial charge in [0.1, 0.15) is 5.75 Å². The van der Waals surface area contributed by atoms with Crippen LogP contribution in [0.1, 0.15) is 10.4 Å². The summed E-state index contributed by atoms with van der Waals surface area (Å²) in [4.78, 5) is 33.3. The number of carboxylic acids is 1. The average molecular weight is 267 g/mol. The van der Waals surface area contributed by atoms with Crippen LogP contribution in [0.2, 0.25) is 0 Å². The molecular formula is C11H13N3O5. The molecule has 1 aromatic rings. The summed E-state index contributed by atoms with van der Waals surface area (Å²) in [6, 6.07) is 2.77. The fraction of sp³-hybridized carbons (Fsp3) is 0.182. The number of aromatic carboxylic acids is 1. The number of amides is 3. The summed E-state index contributed by atoms with van der Waals surface area (Å²) in [5.41, 5.74) is -0.241. The minimum absolute atomic E-state index is 0.0136. The maximum absolute atomic E-state index is 11.4. The van der Waals surface area contributed by atoms with E-state index in [9.17, 15) is 19.5 Å². The first-order chi connectivity index (χ1) is 8.93. The molecule has 0 aliphatic carbocycles. The van der Waals surface area contributed by atoms with E-state index in [1.807, 2.05) is 0 Å². The molecule has 3 amide bonds. The van der Waals surface area contributed by atoms with E-state index in [1.165, 1.54) is 19.2 Å². The average Bonchev–Trinajstić information content (AvgIpc) is 2.37. The van der Waals surface area contributed by atoms with Crippen molar-refractivity contribution >= 4 is 23.6 Å². The van der Waals surface area contributed by atoms with Gasteiger partial charge < -0.3 is 26.2 Å². The topological polar surface area (TPSA) is 128 Å². The molecule has 0 spiro atoms. The molecule has 8 heteroatoms. The molecule has 0 heterocycles. The predicted octanol–water partition coefficient (Wildman–Crippen LogP) is -0.0421. The van der Waals surface area contributed by atoms with Crippen LogP contribution >= 0.6 is 0 Å². The lowest BCUT2D eigenvalue weighted by atomic mass is 10.1. The van der Waals surface area contributed by atoms with Crippen LogP contribution in [0.15, 0.2) is 18.2 Å². The van der Waals surface area contributed by atoms with Gasteiger partial charge in [-0.2, -0.15) is 0 Å². The Kier molecular flexibility index (Phi) is 4.69. The molecule has 0 aromatic heterocycles. The Bertz CT molecular complexity index is 515. The number of aromatic hydroxyl groups is 1. The van der Waals surface area contributed by atoms with E-state index in [0.717, 1.165) is 6.07 Å². The molecule has 8 nitrogen and oxygen atoms in total. The fourth-order valence-electron chi connectivity index (χ4n) is 1.23. The summed E-state index contributed by atoms with van der Waals surface area (Å²) < 4.78 is 0. The van der Waals surface area contributed by atoms with Gasteiger partial charge in [0.2, 0.25) is 5.91 Å². The molecule has 0 saturated carbocycles. The van der Waals surface area contributed by atoms with Gasteiger partial charge in [0.15, 0.2) is 0 Å². The summed E-state index contributed by atoms with van der Waals surface area (Å²) >= 11 is 0. The summed E-state index contributed by atoms with van der Waals surface area (Å²) in [6.07, 6.45) is 0. The Morgan fingerprint density at radius 3 is 2.53 bits per heavy atom. The zero-order valence-corrected chi connectivity index (χ0v) is 10.1. The van der Waals surface area contributed by atoms with Crippen LogP contribution in [-0.4, -0.2) is 41.7 Å². The van der Waals surface area contributed by atoms with Crippen LogP contribution < -0.4 is 16.0 Å². The normalized spacial score (nSPS) is 9.53. The molecule has 0 aliphatic heterocycles. The van der Waals surface area contributed by atoms with Crippen molar-refractivity contribution in [3.63, 3.8) is 0 Å². The molecule has 0 atom stereocenters. The van der Waals surface area contributed by atoms with E-state index in [0.29, 0.717) is 0 Å². The number of carbonyl (C=O) groups excluding carboxylic acids is 2. The van der Waals surface area contributed by atoms with Crippen LogP contribution in [0.4, 0.5) is 10.5 Å². The summed E-state index contributed by atoms with van der Waals surface area (Å²) in [6.45, 7) is -0.233. The third kappa shape index (κ3) is 4.19. The van der Waals surface area contributed by atoms with Crippen molar-refractivity contribution in [2.75, 3.05) is 18.9 Å². The van der Waals surface area contributed by atoms with E-state index >= 15 is 0 Å². The van der Waals surface area contributed by atoms with Crippen LogP contribution in [0.5, 0.6) is 5.75 Å². The minimum Gasteiger partial charge on any atom is -0.508 e. The highest BCUT2D eigenvalue weighted by molar-refractivity contribution is 6.01. The lowest BCUT2D eigenvalue weighted by Gasteiger charge is -2.09. The second-order valence-electron chi connectivity index (χ2n) is 3.52. The number of likely N-dealkylation sites (N-methyl/N-ethyl adjacent to an activating group) is 1. The number of urea groups is 1. The first-order valence-corrected chi connectivity index (χ1v) is 5.25. The first kappa shape index (κ1) is 14.3. The molecule has 1 aromatic carbocycles. The molecule has 5 N–H and O–H groups in total. The second-order valence-corrected chi connectivity index (χ2v) is 3.52. The Morgan fingerprint density at radius 1 is 1.26 bits per heavy atom. The minimum atomic E-state index is -1.29. The predicted molar refractivity (Wildman–Crippen MR) is 66.2 cm³/mol. The van der Waals surface area contributed by atoms with Gasteiger partial charge in [0, 0.05) is 7.05 Å². The third-order valence-corrected chi connectivity index (χ3v) is 2.17. The lowest BCUT2D eigenvalue weighted by Crippen LogP contribution is -2.37.